The van der Waals surface area contributed by atoms with Crippen LogP contribution in [0.25, 0.3) is 0 Å². The molecule has 1 aliphatic rings. The largest absolute Gasteiger partial charge is 0.378 e. The van der Waals surface area contributed by atoms with Gasteiger partial charge in [0.25, 0.3) is 0 Å². The Labute approximate surface area is 131 Å². The van der Waals surface area contributed by atoms with Crippen LogP contribution in [-0.2, 0) is 11.3 Å². The maximum absolute atomic E-state index is 5.64. The Morgan fingerprint density at radius 3 is 2.90 bits per heavy atom. The predicted octanol–water partition coefficient (Wildman–Crippen LogP) is 2.38. The minimum absolute atomic E-state index is 0.423. The van der Waals surface area contributed by atoms with Gasteiger partial charge in [0.15, 0.2) is 5.96 Å². The van der Waals surface area contributed by atoms with E-state index in [4.69, 9.17) is 4.74 Å². The zero-order valence-corrected chi connectivity index (χ0v) is 14.1. The lowest BCUT2D eigenvalue weighted by Gasteiger charge is -2.13. The van der Waals surface area contributed by atoms with Crippen molar-refractivity contribution in [1.82, 2.24) is 15.6 Å². The van der Waals surface area contributed by atoms with E-state index in [0.29, 0.717) is 12.6 Å². The van der Waals surface area contributed by atoms with Gasteiger partial charge >= 0.3 is 0 Å². The summed E-state index contributed by atoms with van der Waals surface area (Å²) >= 11 is 1.72. The molecule has 2 heterocycles. The molecule has 2 N–H and O–H groups in total. The van der Waals surface area contributed by atoms with Crippen molar-refractivity contribution in [1.29, 1.82) is 0 Å². The predicted molar refractivity (Wildman–Crippen MR) is 88.0 cm³/mol. The number of guanidine groups is 1. The van der Waals surface area contributed by atoms with Gasteiger partial charge < -0.3 is 15.4 Å². The first-order valence-corrected chi connectivity index (χ1v) is 8.57. The fraction of sp³-hybridized carbons (Fsp3) is 0.733. The van der Waals surface area contributed by atoms with Crippen LogP contribution in [0.15, 0.2) is 4.99 Å². The first kappa shape index (κ1) is 16.2. The number of ether oxygens (including phenoxy) is 1. The van der Waals surface area contributed by atoms with Crippen molar-refractivity contribution >= 4 is 17.3 Å². The van der Waals surface area contributed by atoms with Crippen LogP contribution in [-0.4, -0.2) is 36.7 Å². The molecule has 1 fully saturated rings. The van der Waals surface area contributed by atoms with Gasteiger partial charge in [0.2, 0.25) is 0 Å². The Balaban J connectivity index is 1.81. The minimum atomic E-state index is 0.423. The van der Waals surface area contributed by atoms with Gasteiger partial charge in [-0.05, 0) is 40.0 Å². The van der Waals surface area contributed by atoms with E-state index in [1.165, 1.54) is 17.7 Å². The summed E-state index contributed by atoms with van der Waals surface area (Å²) in [6.45, 7) is 9.54. The summed E-state index contributed by atoms with van der Waals surface area (Å²) in [5.74, 6) is 0.876. The Morgan fingerprint density at radius 2 is 2.29 bits per heavy atom. The molecular weight excluding hydrogens is 284 g/mol. The highest BCUT2D eigenvalue weighted by molar-refractivity contribution is 7.11. The Kier molecular flexibility index (Phi) is 6.45. The number of aromatic nitrogens is 1. The third kappa shape index (κ3) is 5.28. The lowest BCUT2D eigenvalue weighted by atomic mass is 10.2. The zero-order valence-electron chi connectivity index (χ0n) is 13.2. The second kappa shape index (κ2) is 8.34. The molecule has 1 aromatic rings. The van der Waals surface area contributed by atoms with Gasteiger partial charge in [0.05, 0.1) is 23.4 Å². The number of aliphatic imine (C=N–C) groups is 1. The third-order valence-corrected chi connectivity index (χ3v) is 4.56. The lowest BCUT2D eigenvalue weighted by Crippen LogP contribution is -2.38. The molecule has 0 radical (unpaired) electrons. The highest BCUT2D eigenvalue weighted by Crippen LogP contribution is 2.18. The summed E-state index contributed by atoms with van der Waals surface area (Å²) in [7, 11) is 0. The normalized spacial score (nSPS) is 19.0. The van der Waals surface area contributed by atoms with Gasteiger partial charge in [-0.2, -0.15) is 0 Å². The van der Waals surface area contributed by atoms with Crippen molar-refractivity contribution < 1.29 is 4.74 Å². The van der Waals surface area contributed by atoms with E-state index in [9.17, 15) is 0 Å². The SMILES string of the molecule is CCNC(=NCc1sc(C)nc1C)NCCC1CCCO1. The van der Waals surface area contributed by atoms with Crippen LogP contribution >= 0.6 is 11.3 Å². The van der Waals surface area contributed by atoms with Crippen molar-refractivity contribution in [2.45, 2.75) is 52.7 Å². The topological polar surface area (TPSA) is 58.5 Å². The number of nitrogens with one attached hydrogen (secondary N) is 2. The minimum Gasteiger partial charge on any atom is -0.378 e. The number of nitrogens with zero attached hydrogens (tertiary/aromatic N) is 2. The molecule has 1 saturated heterocycles. The fourth-order valence-corrected chi connectivity index (χ4v) is 3.30. The molecule has 1 aromatic heterocycles. The summed E-state index contributed by atoms with van der Waals surface area (Å²) in [5, 5.41) is 7.78. The Hall–Kier alpha value is -1.14. The summed E-state index contributed by atoms with van der Waals surface area (Å²) in [6, 6.07) is 0. The highest BCUT2D eigenvalue weighted by atomic mass is 32.1. The molecule has 1 atom stereocenters. The van der Waals surface area contributed by atoms with Crippen LogP contribution in [0.5, 0.6) is 0 Å². The molecule has 5 nitrogen and oxygen atoms in total. The van der Waals surface area contributed by atoms with E-state index >= 15 is 0 Å². The Morgan fingerprint density at radius 1 is 1.43 bits per heavy atom. The van der Waals surface area contributed by atoms with Crippen LogP contribution in [0.4, 0.5) is 0 Å². The maximum Gasteiger partial charge on any atom is 0.191 e. The Bertz CT molecular complexity index is 466. The molecule has 1 aliphatic heterocycles. The smallest absolute Gasteiger partial charge is 0.191 e. The summed E-state index contributed by atoms with van der Waals surface area (Å²) in [5.41, 5.74) is 1.09. The number of hydrogen-bond donors (Lipinski definition) is 2. The number of thiazole rings is 1. The third-order valence-electron chi connectivity index (χ3n) is 3.51. The second-order valence-electron chi connectivity index (χ2n) is 5.29. The number of aryl methyl sites for hydroxylation is 2. The molecule has 0 amide bonds. The van der Waals surface area contributed by atoms with Crippen LogP contribution in [0.1, 0.15) is 41.8 Å². The first-order valence-electron chi connectivity index (χ1n) is 7.75. The van der Waals surface area contributed by atoms with Gasteiger partial charge in [0, 0.05) is 24.6 Å². The summed E-state index contributed by atoms with van der Waals surface area (Å²) in [6.07, 6.45) is 3.85. The molecule has 0 spiro atoms. The van der Waals surface area contributed by atoms with E-state index < -0.39 is 0 Å². The van der Waals surface area contributed by atoms with Crippen molar-refractivity contribution in [3.63, 3.8) is 0 Å². The van der Waals surface area contributed by atoms with Crippen LogP contribution in [0, 0.1) is 13.8 Å². The molecule has 2 rings (SSSR count). The maximum atomic E-state index is 5.64. The van der Waals surface area contributed by atoms with Crippen molar-refractivity contribution in [2.24, 2.45) is 4.99 Å². The molecule has 1 unspecified atom stereocenters. The summed E-state index contributed by atoms with van der Waals surface area (Å²) in [4.78, 5) is 10.3. The van der Waals surface area contributed by atoms with E-state index in [1.54, 1.807) is 11.3 Å². The van der Waals surface area contributed by atoms with Gasteiger partial charge in [0.1, 0.15) is 0 Å². The van der Waals surface area contributed by atoms with Crippen molar-refractivity contribution in [2.75, 3.05) is 19.7 Å². The molecular formula is C15H26N4OS. The number of hydrogen-bond acceptors (Lipinski definition) is 4. The van der Waals surface area contributed by atoms with Crippen LogP contribution in [0.2, 0.25) is 0 Å². The van der Waals surface area contributed by atoms with E-state index in [2.05, 4.69) is 27.5 Å². The molecule has 0 bridgehead atoms. The standard InChI is InChI=1S/C15H26N4OS/c1-4-16-15(17-8-7-13-6-5-9-20-13)18-10-14-11(2)19-12(3)21-14/h13H,4-10H2,1-3H3,(H2,16,17,18). The van der Waals surface area contributed by atoms with Crippen molar-refractivity contribution in [3.8, 4) is 0 Å². The molecule has 21 heavy (non-hydrogen) atoms. The van der Waals surface area contributed by atoms with Gasteiger partial charge in [-0.25, -0.2) is 9.98 Å². The monoisotopic (exact) mass is 310 g/mol. The van der Waals surface area contributed by atoms with E-state index in [1.807, 2.05) is 13.8 Å². The van der Waals surface area contributed by atoms with Gasteiger partial charge in [-0.3, -0.25) is 0 Å². The fourth-order valence-electron chi connectivity index (χ4n) is 2.44. The van der Waals surface area contributed by atoms with Gasteiger partial charge in [-0.15, -0.1) is 11.3 Å². The molecule has 0 saturated carbocycles. The quantitative estimate of drug-likeness (QED) is 0.626. The van der Waals surface area contributed by atoms with Crippen molar-refractivity contribution in [3.05, 3.63) is 15.6 Å². The van der Waals surface area contributed by atoms with E-state index in [-0.39, 0.29) is 0 Å². The van der Waals surface area contributed by atoms with Crippen LogP contribution in [0.3, 0.4) is 0 Å². The average molecular weight is 310 g/mol. The van der Waals surface area contributed by atoms with Gasteiger partial charge in [-0.1, -0.05) is 0 Å². The molecule has 0 aromatic carbocycles. The molecule has 0 aliphatic carbocycles. The molecule has 118 valence electrons. The second-order valence-corrected chi connectivity index (χ2v) is 6.57. The summed E-state index contributed by atoms with van der Waals surface area (Å²) < 4.78 is 5.64. The number of rotatable bonds is 6. The first-order chi connectivity index (χ1) is 10.2. The van der Waals surface area contributed by atoms with E-state index in [0.717, 1.165) is 42.8 Å². The average Bonchev–Trinajstić information content (AvgIpc) is 3.06. The zero-order chi connectivity index (χ0) is 15.1. The molecule has 6 heteroatoms. The van der Waals surface area contributed by atoms with Crippen LogP contribution < -0.4 is 10.6 Å². The highest BCUT2D eigenvalue weighted by Gasteiger charge is 2.14. The lowest BCUT2D eigenvalue weighted by molar-refractivity contribution is 0.105.